The lowest BCUT2D eigenvalue weighted by atomic mass is 9.91. The average Bonchev–Trinajstić information content (AvgIpc) is 1.46. The van der Waals surface area contributed by atoms with E-state index in [1.165, 1.54) is 43.7 Å². The maximum atomic E-state index is 9.50. The third-order valence-electron chi connectivity index (χ3n) is 20.6. The molecule has 0 saturated heterocycles. The van der Waals surface area contributed by atoms with E-state index >= 15 is 0 Å². The zero-order chi connectivity index (χ0) is 73.5. The second-order valence-electron chi connectivity index (χ2n) is 26.9. The van der Waals surface area contributed by atoms with E-state index in [1.807, 2.05) is 114 Å². The van der Waals surface area contributed by atoms with Gasteiger partial charge in [-0.2, -0.15) is 0 Å². The minimum absolute atomic E-state index is 0.0532. The van der Waals surface area contributed by atoms with Crippen molar-refractivity contribution < 1.29 is 5.48 Å². The standard InChI is InChI=1S/C52H33N3.C48H31N3/c1-3-13-34(14-4-1)36-23-25-37(26-24-36)51-45-28-27-40(35-15-5-2-6-16-35)32-47(45)53-52(54-51)44-29-30-49(42-20-10-9-19-41(42)44)55-48-22-12-11-21-43(48)46-31-38-17-7-8-18-39(38)33-50(46)55;1-4-14-32(15-5-1)40-30-43-44(31-41(40)33-16-6-2-7-17-33)49-48(50-47(43)34-18-8-3-9-19-34)35-24-26-38(27-25-35)51-45-23-13-12-22-39(45)42-28-36-20-10-11-21-37(36)29-46(42)51/h1-33H;1-31H/i;24D,25D,26D,27D. The number of benzene rings is 17. The third kappa shape index (κ3) is 10.9. The van der Waals surface area contributed by atoms with Gasteiger partial charge in [0.1, 0.15) is 0 Å². The molecule has 21 aromatic rings. The number of nitrogens with zero attached hydrogens (tertiary/aromatic N) is 6. The highest BCUT2D eigenvalue weighted by Crippen LogP contribution is 2.44. The molecule has 0 atom stereocenters. The van der Waals surface area contributed by atoms with E-state index in [0.717, 1.165) is 121 Å². The fraction of sp³-hybridized carbons (Fsp3) is 0. The Bertz CT molecular complexity index is 7200. The lowest BCUT2D eigenvalue weighted by molar-refractivity contribution is 1.17. The van der Waals surface area contributed by atoms with Crippen molar-refractivity contribution in [1.29, 1.82) is 0 Å². The van der Waals surface area contributed by atoms with Gasteiger partial charge in [-0.15, -0.1) is 0 Å². The number of fused-ring (bicyclic) bond motifs is 11. The summed E-state index contributed by atoms with van der Waals surface area (Å²) in [6.07, 6.45) is 0. The van der Waals surface area contributed by atoms with Crippen LogP contribution < -0.4 is 0 Å². The van der Waals surface area contributed by atoms with Crippen molar-refractivity contribution in [2.24, 2.45) is 0 Å². The number of hydrogen-bond donors (Lipinski definition) is 0. The van der Waals surface area contributed by atoms with Crippen molar-refractivity contribution in [3.63, 3.8) is 0 Å². The van der Waals surface area contributed by atoms with Crippen molar-refractivity contribution in [3.05, 3.63) is 388 Å². The van der Waals surface area contributed by atoms with Gasteiger partial charge < -0.3 is 9.13 Å². The summed E-state index contributed by atoms with van der Waals surface area (Å²) in [5.41, 5.74) is 20.1. The zero-order valence-electron chi connectivity index (χ0n) is 61.3. The lowest BCUT2D eigenvalue weighted by Crippen LogP contribution is -1.99. The first kappa shape index (κ1) is 57.4. The van der Waals surface area contributed by atoms with Crippen LogP contribution in [0.25, 0.3) is 199 Å². The van der Waals surface area contributed by atoms with Crippen molar-refractivity contribution in [1.82, 2.24) is 29.1 Å². The molecule has 21 rings (SSSR count). The van der Waals surface area contributed by atoms with Gasteiger partial charge in [0.05, 0.1) is 55.7 Å². The summed E-state index contributed by atoms with van der Waals surface area (Å²) < 4.78 is 42.3. The Morgan fingerprint density at radius 3 is 1.21 bits per heavy atom. The Morgan fingerprint density at radius 2 is 0.613 bits per heavy atom. The van der Waals surface area contributed by atoms with Crippen molar-refractivity contribution >= 4 is 97.7 Å². The summed E-state index contributed by atoms with van der Waals surface area (Å²) in [5.74, 6) is 0.838. The van der Waals surface area contributed by atoms with Gasteiger partial charge >= 0.3 is 0 Å². The molecule has 0 aliphatic heterocycles. The maximum Gasteiger partial charge on any atom is 0.161 e. The Balaban J connectivity index is 0.000000144. The quantitative estimate of drug-likeness (QED) is 0.137. The third-order valence-corrected chi connectivity index (χ3v) is 20.6. The Labute approximate surface area is 618 Å². The van der Waals surface area contributed by atoms with Gasteiger partial charge in [-0.1, -0.05) is 291 Å². The summed E-state index contributed by atoms with van der Waals surface area (Å²) in [6.45, 7) is 0. The highest BCUT2D eigenvalue weighted by Gasteiger charge is 2.22. The number of rotatable bonds is 10. The van der Waals surface area contributed by atoms with Crippen LogP contribution >= 0.6 is 0 Å². The molecular formula is C100H64N6. The van der Waals surface area contributed by atoms with Crippen LogP contribution in [0, 0.1) is 0 Å². The van der Waals surface area contributed by atoms with Crippen LogP contribution in [0.2, 0.25) is 0 Å². The van der Waals surface area contributed by atoms with Gasteiger partial charge in [0, 0.05) is 65.6 Å². The predicted octanol–water partition coefficient (Wildman–Crippen LogP) is 26.2. The molecule has 0 radical (unpaired) electrons. The smallest absolute Gasteiger partial charge is 0.161 e. The van der Waals surface area contributed by atoms with Crippen molar-refractivity contribution in [3.8, 4) is 101 Å². The van der Waals surface area contributed by atoms with Crippen molar-refractivity contribution in [2.45, 2.75) is 0 Å². The summed E-state index contributed by atoms with van der Waals surface area (Å²) >= 11 is 0. The molecule has 0 unspecified atom stereocenters. The Kier molecular flexibility index (Phi) is 14.1. The molecule has 0 spiro atoms. The van der Waals surface area contributed by atoms with Crippen LogP contribution in [0.1, 0.15) is 5.48 Å². The molecule has 0 N–H and O–H groups in total. The molecule has 6 nitrogen and oxygen atoms in total. The van der Waals surface area contributed by atoms with Crippen LogP contribution in [-0.4, -0.2) is 29.1 Å². The van der Waals surface area contributed by atoms with Gasteiger partial charge in [-0.25, -0.2) is 19.9 Å². The van der Waals surface area contributed by atoms with Crippen LogP contribution in [0.3, 0.4) is 0 Å². The fourth-order valence-electron chi connectivity index (χ4n) is 15.6. The van der Waals surface area contributed by atoms with Crippen LogP contribution in [0.4, 0.5) is 0 Å². The molecular weight excluding hydrogens is 1290 g/mol. The van der Waals surface area contributed by atoms with E-state index in [9.17, 15) is 5.48 Å². The Morgan fingerprint density at radius 1 is 0.208 bits per heavy atom. The SMILES string of the molecule is [2H]c1c([2H])c(-n2c3ccccc3c3cc4ccccc4cc32)c([2H])c([2H])c1-c1nc(-c2ccccc2)c2cc(-c3ccccc3)c(-c3ccccc3)cc2n1.c1ccc(-c2ccc(-c3nc(-c4ccc(-n5c6ccccc6c6cc7ccccc7cc65)c5ccccc45)nc4cc(-c5ccccc5)ccc34)cc2)cc1. The molecule has 0 amide bonds. The highest BCUT2D eigenvalue weighted by atomic mass is 15.0. The van der Waals surface area contributed by atoms with Gasteiger partial charge in [-0.05, 0) is 168 Å². The molecule has 6 heteroatoms. The summed E-state index contributed by atoms with van der Waals surface area (Å²) in [5, 5.41) is 13.1. The van der Waals surface area contributed by atoms with E-state index in [2.05, 4.69) is 259 Å². The van der Waals surface area contributed by atoms with Gasteiger partial charge in [0.15, 0.2) is 11.6 Å². The number of hydrogen-bond acceptors (Lipinski definition) is 4. The highest BCUT2D eigenvalue weighted by molar-refractivity contribution is 6.16. The molecule has 0 aliphatic rings. The van der Waals surface area contributed by atoms with Crippen LogP contribution in [0.5, 0.6) is 0 Å². The van der Waals surface area contributed by atoms with E-state index in [-0.39, 0.29) is 41.2 Å². The second kappa shape index (κ2) is 26.0. The second-order valence-corrected chi connectivity index (χ2v) is 26.9. The molecule has 106 heavy (non-hydrogen) atoms. The predicted molar refractivity (Wildman–Crippen MR) is 444 cm³/mol. The van der Waals surface area contributed by atoms with E-state index in [1.54, 1.807) is 0 Å². The van der Waals surface area contributed by atoms with E-state index in [4.69, 9.17) is 19.9 Å². The van der Waals surface area contributed by atoms with Gasteiger partial charge in [0.2, 0.25) is 0 Å². The number of aromatic nitrogens is 6. The largest absolute Gasteiger partial charge is 0.309 e. The topological polar surface area (TPSA) is 61.4 Å². The average molecular weight is 1350 g/mol. The van der Waals surface area contributed by atoms with Gasteiger partial charge in [0.25, 0.3) is 0 Å². The molecule has 0 aliphatic carbocycles. The minimum Gasteiger partial charge on any atom is -0.309 e. The normalized spacial score (nSPS) is 12.1. The molecule has 4 heterocycles. The molecule has 0 fully saturated rings. The fourth-order valence-corrected chi connectivity index (χ4v) is 15.6. The van der Waals surface area contributed by atoms with E-state index in [0.29, 0.717) is 17.0 Å². The Hall–Kier alpha value is -14.2. The summed E-state index contributed by atoms with van der Waals surface area (Å²) in [4.78, 5) is 20.9. The van der Waals surface area contributed by atoms with Crippen LogP contribution in [-0.2, 0) is 0 Å². The van der Waals surface area contributed by atoms with Crippen LogP contribution in [0.15, 0.2) is 388 Å². The lowest BCUT2D eigenvalue weighted by Gasteiger charge is -2.16. The van der Waals surface area contributed by atoms with Crippen molar-refractivity contribution in [2.75, 3.05) is 0 Å². The minimum atomic E-state index is -0.203. The summed E-state index contributed by atoms with van der Waals surface area (Å²) in [7, 11) is 0. The summed E-state index contributed by atoms with van der Waals surface area (Å²) in [6, 6.07) is 125. The molecule has 17 aromatic carbocycles. The first-order chi connectivity index (χ1) is 54.2. The molecule has 0 saturated carbocycles. The van der Waals surface area contributed by atoms with E-state index < -0.39 is 0 Å². The first-order valence-electron chi connectivity index (χ1n) is 37.8. The van der Waals surface area contributed by atoms with Gasteiger partial charge in [-0.3, -0.25) is 0 Å². The molecule has 494 valence electrons. The monoisotopic (exact) mass is 1350 g/mol. The first-order valence-corrected chi connectivity index (χ1v) is 35.8. The molecule has 0 bridgehead atoms. The zero-order valence-corrected chi connectivity index (χ0v) is 57.3. The maximum absolute atomic E-state index is 9.50. The molecule has 4 aromatic heterocycles. The number of para-hydroxylation sites is 2.